The van der Waals surface area contributed by atoms with Crippen molar-refractivity contribution >= 4 is 16.7 Å². The Bertz CT molecular complexity index is 943. The molecule has 1 aliphatic heterocycles. The second-order valence-electron chi connectivity index (χ2n) is 9.64. The number of halogens is 3. The standard InChI is InChI=1S/C26H35F3N2O2/c1-4-5-6-7-8-9-10-15-33-22-14-13-19-16-21(12-11-20(19)17-22)23(26(27,28)29)31-18-25(2,3)24(32)30-31/h11-14,16-17,23H,4-10,15,18H2,1-3H3,(H,30,32). The quantitative estimate of drug-likeness (QED) is 0.366. The van der Waals surface area contributed by atoms with Crippen LogP contribution in [-0.2, 0) is 4.79 Å². The average Bonchev–Trinajstić information content (AvgIpc) is 3.00. The SMILES string of the molecule is CCCCCCCCCOc1ccc2cc(C(N3CC(C)(C)C(=O)N3)C(F)(F)F)ccc2c1. The van der Waals surface area contributed by atoms with E-state index >= 15 is 0 Å². The molecule has 1 fully saturated rings. The van der Waals surface area contributed by atoms with Gasteiger partial charge in [0.1, 0.15) is 11.8 Å². The summed E-state index contributed by atoms with van der Waals surface area (Å²) in [6.07, 6.45) is 3.93. The number of fused-ring (bicyclic) bond motifs is 1. The van der Waals surface area contributed by atoms with Crippen LogP contribution in [0.4, 0.5) is 13.2 Å². The number of hydrazine groups is 1. The molecule has 0 aliphatic carbocycles. The predicted molar refractivity (Wildman–Crippen MR) is 125 cm³/mol. The van der Waals surface area contributed by atoms with Gasteiger partial charge in [-0.05, 0) is 54.8 Å². The number of amides is 1. The predicted octanol–water partition coefficient (Wildman–Crippen LogP) is 6.95. The number of carbonyl (C=O) groups is 1. The first-order valence-electron chi connectivity index (χ1n) is 11.9. The summed E-state index contributed by atoms with van der Waals surface area (Å²) in [5, 5.41) is 2.53. The van der Waals surface area contributed by atoms with Crippen LogP contribution in [0.25, 0.3) is 10.8 Å². The largest absolute Gasteiger partial charge is 0.494 e. The summed E-state index contributed by atoms with van der Waals surface area (Å²) in [6, 6.07) is 8.27. The normalized spacial score (nSPS) is 17.3. The van der Waals surface area contributed by atoms with Gasteiger partial charge in [-0.3, -0.25) is 10.2 Å². The van der Waals surface area contributed by atoms with Gasteiger partial charge in [0.15, 0.2) is 0 Å². The van der Waals surface area contributed by atoms with Crippen LogP contribution < -0.4 is 10.2 Å². The van der Waals surface area contributed by atoms with Crippen molar-refractivity contribution in [2.75, 3.05) is 13.2 Å². The van der Waals surface area contributed by atoms with E-state index in [-0.39, 0.29) is 12.1 Å². The Hall–Kier alpha value is -2.28. The molecule has 182 valence electrons. The molecule has 1 amide bonds. The van der Waals surface area contributed by atoms with Crippen LogP contribution in [0.15, 0.2) is 36.4 Å². The summed E-state index contributed by atoms with van der Waals surface area (Å²) >= 11 is 0. The van der Waals surface area contributed by atoms with E-state index < -0.39 is 23.5 Å². The number of alkyl halides is 3. The minimum atomic E-state index is -4.53. The molecular weight excluding hydrogens is 429 g/mol. The molecule has 0 saturated carbocycles. The van der Waals surface area contributed by atoms with E-state index in [1.54, 1.807) is 38.1 Å². The van der Waals surface area contributed by atoms with Gasteiger partial charge in [0.05, 0.1) is 12.0 Å². The van der Waals surface area contributed by atoms with Crippen LogP contribution >= 0.6 is 0 Å². The maximum atomic E-state index is 14.0. The molecule has 1 N–H and O–H groups in total. The maximum absolute atomic E-state index is 14.0. The lowest BCUT2D eigenvalue weighted by molar-refractivity contribution is -0.191. The lowest BCUT2D eigenvalue weighted by atomic mass is 9.93. The molecule has 0 aromatic heterocycles. The van der Waals surface area contributed by atoms with E-state index in [4.69, 9.17) is 4.74 Å². The Labute approximate surface area is 194 Å². The summed E-state index contributed by atoms with van der Waals surface area (Å²) in [7, 11) is 0. The minimum Gasteiger partial charge on any atom is -0.494 e. The third-order valence-electron chi connectivity index (χ3n) is 6.22. The molecule has 33 heavy (non-hydrogen) atoms. The van der Waals surface area contributed by atoms with Crippen LogP contribution in [0.1, 0.15) is 77.3 Å². The van der Waals surface area contributed by atoms with Crippen molar-refractivity contribution in [2.45, 2.75) is 77.9 Å². The third-order valence-corrected chi connectivity index (χ3v) is 6.22. The average molecular weight is 465 g/mol. The first kappa shape index (κ1) is 25.3. The van der Waals surface area contributed by atoms with Crippen molar-refractivity contribution in [3.8, 4) is 5.75 Å². The minimum absolute atomic E-state index is 0.0145. The molecule has 0 bridgehead atoms. The van der Waals surface area contributed by atoms with Crippen molar-refractivity contribution in [1.29, 1.82) is 0 Å². The molecule has 3 rings (SSSR count). The second-order valence-corrected chi connectivity index (χ2v) is 9.64. The summed E-state index contributed by atoms with van der Waals surface area (Å²) in [5.74, 6) is 0.322. The molecule has 2 aromatic carbocycles. The van der Waals surface area contributed by atoms with Crippen molar-refractivity contribution in [1.82, 2.24) is 10.4 Å². The molecular formula is C26H35F3N2O2. The molecule has 1 unspecified atom stereocenters. The van der Waals surface area contributed by atoms with Gasteiger partial charge in [-0.2, -0.15) is 13.2 Å². The van der Waals surface area contributed by atoms with Gasteiger partial charge in [0.25, 0.3) is 0 Å². The van der Waals surface area contributed by atoms with Gasteiger partial charge in [-0.15, -0.1) is 0 Å². The maximum Gasteiger partial charge on any atom is 0.409 e. The molecule has 1 aliphatic rings. The fraction of sp³-hybridized carbons (Fsp3) is 0.577. The first-order valence-corrected chi connectivity index (χ1v) is 11.9. The van der Waals surface area contributed by atoms with Crippen LogP contribution in [0.5, 0.6) is 5.75 Å². The number of ether oxygens (including phenoxy) is 1. The Morgan fingerprint density at radius 3 is 2.27 bits per heavy atom. The van der Waals surface area contributed by atoms with E-state index in [1.807, 2.05) is 6.07 Å². The summed E-state index contributed by atoms with van der Waals surface area (Å²) < 4.78 is 47.8. The van der Waals surface area contributed by atoms with E-state index in [0.29, 0.717) is 12.0 Å². The van der Waals surface area contributed by atoms with E-state index in [9.17, 15) is 18.0 Å². The molecule has 0 radical (unpaired) electrons. The van der Waals surface area contributed by atoms with Crippen LogP contribution in [0.3, 0.4) is 0 Å². The van der Waals surface area contributed by atoms with Crippen LogP contribution in [-0.4, -0.2) is 30.2 Å². The molecule has 1 atom stereocenters. The lowest BCUT2D eigenvalue weighted by Gasteiger charge is -2.30. The molecule has 1 heterocycles. The first-order chi connectivity index (χ1) is 15.6. The highest BCUT2D eigenvalue weighted by Gasteiger charge is 2.51. The van der Waals surface area contributed by atoms with Gasteiger partial charge in [-0.25, -0.2) is 5.01 Å². The summed E-state index contributed by atoms with van der Waals surface area (Å²) in [6.45, 7) is 6.12. The van der Waals surface area contributed by atoms with E-state index in [1.165, 1.54) is 38.2 Å². The lowest BCUT2D eigenvalue weighted by Crippen LogP contribution is -2.43. The summed E-state index contributed by atoms with van der Waals surface area (Å²) in [5.41, 5.74) is 1.64. The molecule has 2 aromatic rings. The van der Waals surface area contributed by atoms with Gasteiger partial charge < -0.3 is 4.74 Å². The Morgan fingerprint density at radius 1 is 1.00 bits per heavy atom. The van der Waals surface area contributed by atoms with Crippen LogP contribution in [0, 0.1) is 5.41 Å². The highest BCUT2D eigenvalue weighted by Crippen LogP contribution is 2.41. The van der Waals surface area contributed by atoms with E-state index in [2.05, 4.69) is 12.3 Å². The second kappa shape index (κ2) is 10.8. The number of rotatable bonds is 11. The third kappa shape index (κ3) is 6.62. The van der Waals surface area contributed by atoms with Crippen LogP contribution in [0.2, 0.25) is 0 Å². The number of benzene rings is 2. The van der Waals surface area contributed by atoms with Gasteiger partial charge in [-0.1, -0.05) is 63.6 Å². The highest BCUT2D eigenvalue weighted by molar-refractivity contribution is 5.85. The number of hydrogen-bond donors (Lipinski definition) is 1. The zero-order valence-corrected chi connectivity index (χ0v) is 19.8. The Balaban J connectivity index is 1.65. The fourth-order valence-electron chi connectivity index (χ4n) is 4.27. The molecule has 4 nitrogen and oxygen atoms in total. The van der Waals surface area contributed by atoms with Gasteiger partial charge >= 0.3 is 6.18 Å². The number of nitrogens with zero attached hydrogens (tertiary/aromatic N) is 1. The van der Waals surface area contributed by atoms with Crippen molar-refractivity contribution < 1.29 is 22.7 Å². The molecule has 7 heteroatoms. The van der Waals surface area contributed by atoms with Crippen molar-refractivity contribution in [3.05, 3.63) is 42.0 Å². The molecule has 0 spiro atoms. The topological polar surface area (TPSA) is 41.6 Å². The summed E-state index contributed by atoms with van der Waals surface area (Å²) in [4.78, 5) is 12.1. The monoisotopic (exact) mass is 464 g/mol. The Morgan fingerprint density at radius 2 is 1.64 bits per heavy atom. The van der Waals surface area contributed by atoms with Crippen molar-refractivity contribution in [3.63, 3.8) is 0 Å². The number of carbonyl (C=O) groups excluding carboxylic acids is 1. The van der Waals surface area contributed by atoms with Crippen molar-refractivity contribution in [2.24, 2.45) is 5.41 Å². The number of hydrogen-bond acceptors (Lipinski definition) is 3. The van der Waals surface area contributed by atoms with Gasteiger partial charge in [0, 0.05) is 6.54 Å². The highest BCUT2D eigenvalue weighted by atomic mass is 19.4. The van der Waals surface area contributed by atoms with Gasteiger partial charge in [0.2, 0.25) is 5.91 Å². The zero-order chi connectivity index (χ0) is 24.1. The fourth-order valence-corrected chi connectivity index (χ4v) is 4.27. The van der Waals surface area contributed by atoms with E-state index in [0.717, 1.165) is 29.0 Å². The Kier molecular flexibility index (Phi) is 8.27. The smallest absolute Gasteiger partial charge is 0.409 e. The number of nitrogens with one attached hydrogen (secondary N) is 1. The molecule has 1 saturated heterocycles. The number of unbranched alkanes of at least 4 members (excludes halogenated alkanes) is 6. The zero-order valence-electron chi connectivity index (χ0n) is 19.8.